The Hall–Kier alpha value is -2.34. The molecular formula is C14H12N2O3S. The second kappa shape index (κ2) is 6.21. The Balaban J connectivity index is 2.14. The maximum atomic E-state index is 12.0. The molecule has 1 amide bonds. The number of hydrogen-bond acceptors (Lipinski definition) is 4. The molecule has 2 rings (SSSR count). The van der Waals surface area contributed by atoms with Crippen molar-refractivity contribution in [2.45, 2.75) is 4.90 Å². The van der Waals surface area contributed by atoms with Crippen LogP contribution in [0.2, 0.25) is 0 Å². The highest BCUT2D eigenvalue weighted by atomic mass is 32.2. The summed E-state index contributed by atoms with van der Waals surface area (Å²) >= 11 is 1.59. The summed E-state index contributed by atoms with van der Waals surface area (Å²) in [5.41, 5.74) is 0.855. The molecule has 0 aliphatic carbocycles. The maximum Gasteiger partial charge on any atom is 0.271 e. The molecule has 0 aromatic heterocycles. The quantitative estimate of drug-likeness (QED) is 0.530. The van der Waals surface area contributed by atoms with Crippen molar-refractivity contribution in [2.75, 3.05) is 11.6 Å². The standard InChI is InChI=1S/C14H12N2O3S/c1-20-13-7-5-10(6-8-13)14(17)15-11-3-2-4-12(9-11)16(18)19/h2-9H,1H3,(H,15,17). The molecule has 0 aliphatic heterocycles. The number of non-ortho nitro benzene ring substituents is 1. The fraction of sp³-hybridized carbons (Fsp3) is 0.0714. The van der Waals surface area contributed by atoms with Crippen LogP contribution in [0.1, 0.15) is 10.4 Å². The van der Waals surface area contributed by atoms with E-state index in [1.807, 2.05) is 18.4 Å². The van der Waals surface area contributed by atoms with Crippen LogP contribution in [0.5, 0.6) is 0 Å². The topological polar surface area (TPSA) is 72.2 Å². The Morgan fingerprint density at radius 1 is 1.20 bits per heavy atom. The second-order valence-corrected chi connectivity index (χ2v) is 4.87. The van der Waals surface area contributed by atoms with Gasteiger partial charge in [0.1, 0.15) is 0 Å². The summed E-state index contributed by atoms with van der Waals surface area (Å²) in [6.07, 6.45) is 1.96. The Morgan fingerprint density at radius 2 is 1.90 bits per heavy atom. The molecule has 20 heavy (non-hydrogen) atoms. The van der Waals surface area contributed by atoms with Gasteiger partial charge in [-0.2, -0.15) is 0 Å². The van der Waals surface area contributed by atoms with Crippen LogP contribution in [0, 0.1) is 10.1 Å². The number of benzene rings is 2. The van der Waals surface area contributed by atoms with Crippen LogP contribution >= 0.6 is 11.8 Å². The Kier molecular flexibility index (Phi) is 4.37. The lowest BCUT2D eigenvalue weighted by Crippen LogP contribution is -2.11. The van der Waals surface area contributed by atoms with E-state index in [1.54, 1.807) is 30.0 Å². The van der Waals surface area contributed by atoms with E-state index in [1.165, 1.54) is 18.2 Å². The molecule has 2 aromatic carbocycles. The van der Waals surface area contributed by atoms with Gasteiger partial charge in [0.15, 0.2) is 0 Å². The van der Waals surface area contributed by atoms with Gasteiger partial charge >= 0.3 is 0 Å². The van der Waals surface area contributed by atoms with E-state index in [-0.39, 0.29) is 11.6 Å². The zero-order valence-corrected chi connectivity index (χ0v) is 11.5. The predicted octanol–water partition coefficient (Wildman–Crippen LogP) is 3.57. The van der Waals surface area contributed by atoms with Gasteiger partial charge in [-0.1, -0.05) is 6.07 Å². The molecule has 2 aromatic rings. The second-order valence-electron chi connectivity index (χ2n) is 3.99. The Morgan fingerprint density at radius 3 is 2.50 bits per heavy atom. The predicted molar refractivity (Wildman–Crippen MR) is 79.3 cm³/mol. The third-order valence-corrected chi connectivity index (χ3v) is 3.41. The summed E-state index contributed by atoms with van der Waals surface area (Å²) in [5.74, 6) is -0.293. The monoisotopic (exact) mass is 288 g/mol. The molecule has 0 unspecified atom stereocenters. The number of carbonyl (C=O) groups excluding carboxylic acids is 1. The lowest BCUT2D eigenvalue weighted by atomic mass is 10.2. The third-order valence-electron chi connectivity index (χ3n) is 2.67. The van der Waals surface area contributed by atoms with E-state index < -0.39 is 4.92 Å². The highest BCUT2D eigenvalue weighted by Crippen LogP contribution is 2.19. The molecule has 0 spiro atoms. The molecule has 0 fully saturated rings. The zero-order chi connectivity index (χ0) is 14.5. The van der Waals surface area contributed by atoms with Crippen molar-refractivity contribution in [3.05, 3.63) is 64.2 Å². The van der Waals surface area contributed by atoms with Gasteiger partial charge in [0.2, 0.25) is 0 Å². The molecular weight excluding hydrogens is 276 g/mol. The number of anilines is 1. The van der Waals surface area contributed by atoms with Gasteiger partial charge in [0, 0.05) is 28.3 Å². The van der Waals surface area contributed by atoms with Crippen molar-refractivity contribution in [1.29, 1.82) is 0 Å². The number of rotatable bonds is 4. The molecule has 1 N–H and O–H groups in total. The van der Waals surface area contributed by atoms with Crippen molar-refractivity contribution in [2.24, 2.45) is 0 Å². The first kappa shape index (κ1) is 14.1. The smallest absolute Gasteiger partial charge is 0.271 e. The Bertz CT molecular complexity index is 641. The van der Waals surface area contributed by atoms with Crippen LogP contribution in [0.25, 0.3) is 0 Å². The molecule has 0 aliphatic rings. The summed E-state index contributed by atoms with van der Waals surface area (Å²) in [4.78, 5) is 23.2. The van der Waals surface area contributed by atoms with E-state index in [0.29, 0.717) is 11.3 Å². The first-order chi connectivity index (χ1) is 9.60. The number of nitrogens with zero attached hydrogens (tertiary/aromatic N) is 1. The third kappa shape index (κ3) is 3.36. The van der Waals surface area contributed by atoms with E-state index in [4.69, 9.17) is 0 Å². The number of nitro groups is 1. The van der Waals surface area contributed by atoms with E-state index in [9.17, 15) is 14.9 Å². The van der Waals surface area contributed by atoms with Crippen molar-refractivity contribution in [3.8, 4) is 0 Å². The highest BCUT2D eigenvalue weighted by molar-refractivity contribution is 7.98. The lowest BCUT2D eigenvalue weighted by molar-refractivity contribution is -0.384. The minimum Gasteiger partial charge on any atom is -0.322 e. The molecule has 0 saturated carbocycles. The fourth-order valence-electron chi connectivity index (χ4n) is 1.64. The average molecular weight is 288 g/mol. The Labute approximate surface area is 120 Å². The van der Waals surface area contributed by atoms with E-state index in [2.05, 4.69) is 5.32 Å². The van der Waals surface area contributed by atoms with Crippen LogP contribution in [0.15, 0.2) is 53.4 Å². The molecule has 0 saturated heterocycles. The van der Waals surface area contributed by atoms with Gasteiger partial charge in [0.05, 0.1) is 4.92 Å². The van der Waals surface area contributed by atoms with Gasteiger partial charge in [-0.3, -0.25) is 14.9 Å². The number of amides is 1. The number of carbonyl (C=O) groups is 1. The van der Waals surface area contributed by atoms with Crippen LogP contribution in [-0.2, 0) is 0 Å². The van der Waals surface area contributed by atoms with Gasteiger partial charge in [-0.05, 0) is 36.6 Å². The summed E-state index contributed by atoms with van der Waals surface area (Å²) < 4.78 is 0. The van der Waals surface area contributed by atoms with Crippen LogP contribution < -0.4 is 5.32 Å². The normalized spacial score (nSPS) is 10.1. The number of thioether (sulfide) groups is 1. The molecule has 102 valence electrons. The fourth-order valence-corrected chi connectivity index (χ4v) is 2.05. The first-order valence-electron chi connectivity index (χ1n) is 5.80. The minimum absolute atomic E-state index is 0.0551. The van der Waals surface area contributed by atoms with Gasteiger partial charge in [0.25, 0.3) is 11.6 Å². The summed E-state index contributed by atoms with van der Waals surface area (Å²) in [5, 5.41) is 13.3. The van der Waals surface area contributed by atoms with Gasteiger partial charge in [-0.25, -0.2) is 0 Å². The number of nitrogens with one attached hydrogen (secondary N) is 1. The van der Waals surface area contributed by atoms with Crippen LogP contribution in [-0.4, -0.2) is 17.1 Å². The van der Waals surface area contributed by atoms with Gasteiger partial charge < -0.3 is 5.32 Å². The zero-order valence-electron chi connectivity index (χ0n) is 10.7. The van der Waals surface area contributed by atoms with E-state index >= 15 is 0 Å². The summed E-state index contributed by atoms with van der Waals surface area (Å²) in [7, 11) is 0. The molecule has 0 radical (unpaired) electrons. The van der Waals surface area contributed by atoms with Crippen molar-refractivity contribution >= 4 is 29.0 Å². The molecule has 0 bridgehead atoms. The SMILES string of the molecule is CSc1ccc(C(=O)Nc2cccc([N+](=O)[O-])c2)cc1. The highest BCUT2D eigenvalue weighted by Gasteiger charge is 2.09. The minimum atomic E-state index is -0.497. The largest absolute Gasteiger partial charge is 0.322 e. The molecule has 0 atom stereocenters. The van der Waals surface area contributed by atoms with E-state index in [0.717, 1.165) is 4.90 Å². The van der Waals surface area contributed by atoms with Crippen molar-refractivity contribution in [1.82, 2.24) is 0 Å². The average Bonchev–Trinajstić information content (AvgIpc) is 2.47. The number of nitro benzene ring substituents is 1. The van der Waals surface area contributed by atoms with Crippen LogP contribution in [0.3, 0.4) is 0 Å². The summed E-state index contributed by atoms with van der Waals surface area (Å²) in [6.45, 7) is 0. The molecule has 0 heterocycles. The van der Waals surface area contributed by atoms with Crippen molar-refractivity contribution in [3.63, 3.8) is 0 Å². The first-order valence-corrected chi connectivity index (χ1v) is 7.02. The lowest BCUT2D eigenvalue weighted by Gasteiger charge is -2.05. The molecule has 5 nitrogen and oxygen atoms in total. The maximum absolute atomic E-state index is 12.0. The molecule has 6 heteroatoms. The number of hydrogen-bond donors (Lipinski definition) is 1. The summed E-state index contributed by atoms with van der Waals surface area (Å²) in [6, 6.07) is 13.0. The van der Waals surface area contributed by atoms with Gasteiger partial charge in [-0.15, -0.1) is 11.8 Å². The van der Waals surface area contributed by atoms with Crippen molar-refractivity contribution < 1.29 is 9.72 Å². The van der Waals surface area contributed by atoms with Crippen LogP contribution in [0.4, 0.5) is 11.4 Å².